The number of benzene rings is 1. The number of hydrogen-bond acceptors (Lipinski definition) is 3. The lowest BCUT2D eigenvalue weighted by Crippen LogP contribution is -2.52. The second kappa shape index (κ2) is 5.00. The van der Waals surface area contributed by atoms with E-state index in [0.29, 0.717) is 13.2 Å². The van der Waals surface area contributed by atoms with Crippen molar-refractivity contribution < 1.29 is 9.84 Å². The average molecular weight is 247 g/mol. The molecule has 1 aliphatic carbocycles. The molecule has 0 aromatic heterocycles. The Kier molecular flexibility index (Phi) is 3.37. The molecule has 18 heavy (non-hydrogen) atoms. The molecule has 0 bridgehead atoms. The maximum Gasteiger partial charge on any atom is 0.0579 e. The monoisotopic (exact) mass is 247 g/mol. The first-order chi connectivity index (χ1) is 8.81. The highest BCUT2D eigenvalue weighted by Crippen LogP contribution is 2.26. The van der Waals surface area contributed by atoms with Crippen LogP contribution in [0.5, 0.6) is 0 Å². The summed E-state index contributed by atoms with van der Waals surface area (Å²) in [6.45, 7) is 3.29. The minimum atomic E-state index is -0.0310. The molecule has 98 valence electrons. The molecule has 0 atom stereocenters. The van der Waals surface area contributed by atoms with Gasteiger partial charge in [-0.15, -0.1) is 0 Å². The van der Waals surface area contributed by atoms with Crippen LogP contribution >= 0.6 is 0 Å². The zero-order valence-corrected chi connectivity index (χ0v) is 10.7. The van der Waals surface area contributed by atoms with Crippen LogP contribution in [0.2, 0.25) is 0 Å². The molecule has 1 aromatic rings. The summed E-state index contributed by atoms with van der Waals surface area (Å²) in [5.74, 6) is 0. The zero-order valence-electron chi connectivity index (χ0n) is 10.7. The Bertz CT molecular complexity index is 421. The average Bonchev–Trinajstić information content (AvgIpc) is 2.80. The van der Waals surface area contributed by atoms with Crippen LogP contribution in [-0.4, -0.2) is 31.5 Å². The second-order valence-electron chi connectivity index (χ2n) is 5.71. The molecule has 0 saturated carbocycles. The SMILES string of the molecule is OCC1(CNCc2ccc3c(c2)CCC3)COC1. The molecule has 3 rings (SSSR count). The van der Waals surface area contributed by atoms with Crippen LogP contribution < -0.4 is 5.32 Å². The lowest BCUT2D eigenvalue weighted by Gasteiger charge is -2.40. The molecule has 0 radical (unpaired) electrons. The fraction of sp³-hybridized carbons (Fsp3) is 0.600. The Morgan fingerprint density at radius 1 is 1.22 bits per heavy atom. The normalized spacial score (nSPS) is 20.5. The molecular formula is C15H21NO2. The van der Waals surface area contributed by atoms with Gasteiger partial charge in [-0.2, -0.15) is 0 Å². The predicted octanol–water partition coefficient (Wildman–Crippen LogP) is 1.27. The van der Waals surface area contributed by atoms with Crippen molar-refractivity contribution in [3.8, 4) is 0 Å². The Hall–Kier alpha value is -0.900. The Balaban J connectivity index is 1.54. The highest BCUT2D eigenvalue weighted by Gasteiger charge is 2.37. The topological polar surface area (TPSA) is 41.5 Å². The standard InChI is InChI=1S/C15H21NO2/c17-9-15(10-18-11-15)8-16-7-12-4-5-13-2-1-3-14(13)6-12/h4-6,16-17H,1-3,7-11H2. The molecule has 0 amide bonds. The Labute approximate surface area is 108 Å². The van der Waals surface area contributed by atoms with Crippen LogP contribution in [-0.2, 0) is 24.1 Å². The molecule has 3 nitrogen and oxygen atoms in total. The number of fused-ring (bicyclic) bond motifs is 1. The van der Waals surface area contributed by atoms with Crippen molar-refractivity contribution in [2.75, 3.05) is 26.4 Å². The van der Waals surface area contributed by atoms with E-state index in [1.54, 1.807) is 0 Å². The first-order valence-corrected chi connectivity index (χ1v) is 6.81. The van der Waals surface area contributed by atoms with E-state index in [2.05, 4.69) is 23.5 Å². The van der Waals surface area contributed by atoms with E-state index in [1.807, 2.05) is 0 Å². The molecule has 1 aliphatic heterocycles. The summed E-state index contributed by atoms with van der Waals surface area (Å²) in [5.41, 5.74) is 4.37. The van der Waals surface area contributed by atoms with Gasteiger partial charge in [0.1, 0.15) is 0 Å². The number of hydrogen-bond donors (Lipinski definition) is 2. The molecule has 1 saturated heterocycles. The highest BCUT2D eigenvalue weighted by molar-refractivity contribution is 5.35. The van der Waals surface area contributed by atoms with Gasteiger partial charge in [0.2, 0.25) is 0 Å². The first kappa shape index (κ1) is 12.2. The summed E-state index contributed by atoms with van der Waals surface area (Å²) in [6.07, 6.45) is 3.78. The van der Waals surface area contributed by atoms with Gasteiger partial charge in [-0.05, 0) is 36.0 Å². The van der Waals surface area contributed by atoms with Gasteiger partial charge in [-0.25, -0.2) is 0 Å². The first-order valence-electron chi connectivity index (χ1n) is 6.81. The van der Waals surface area contributed by atoms with Crippen molar-refractivity contribution in [2.24, 2.45) is 5.41 Å². The number of rotatable bonds is 5. The molecule has 2 N–H and O–H groups in total. The minimum Gasteiger partial charge on any atom is -0.396 e. The maximum absolute atomic E-state index is 9.34. The summed E-state index contributed by atoms with van der Waals surface area (Å²) in [7, 11) is 0. The fourth-order valence-electron chi connectivity index (χ4n) is 2.85. The van der Waals surface area contributed by atoms with Crippen LogP contribution in [0.25, 0.3) is 0 Å². The second-order valence-corrected chi connectivity index (χ2v) is 5.71. The van der Waals surface area contributed by atoms with E-state index in [9.17, 15) is 5.11 Å². The van der Waals surface area contributed by atoms with Gasteiger partial charge < -0.3 is 15.2 Å². The maximum atomic E-state index is 9.34. The Morgan fingerprint density at radius 2 is 2.06 bits per heavy atom. The van der Waals surface area contributed by atoms with E-state index >= 15 is 0 Å². The predicted molar refractivity (Wildman–Crippen MR) is 70.5 cm³/mol. The molecular weight excluding hydrogens is 226 g/mol. The van der Waals surface area contributed by atoms with Crippen LogP contribution in [0.1, 0.15) is 23.1 Å². The summed E-state index contributed by atoms with van der Waals surface area (Å²) in [5, 5.41) is 12.8. The van der Waals surface area contributed by atoms with E-state index in [4.69, 9.17) is 4.74 Å². The molecule has 0 unspecified atom stereocenters. The highest BCUT2D eigenvalue weighted by atomic mass is 16.5. The third-order valence-corrected chi connectivity index (χ3v) is 4.14. The zero-order chi connectivity index (χ0) is 12.4. The van der Waals surface area contributed by atoms with E-state index < -0.39 is 0 Å². The lowest BCUT2D eigenvalue weighted by atomic mass is 9.87. The summed E-state index contributed by atoms with van der Waals surface area (Å²) < 4.78 is 5.19. The summed E-state index contributed by atoms with van der Waals surface area (Å²) >= 11 is 0. The Morgan fingerprint density at radius 3 is 2.78 bits per heavy atom. The third-order valence-electron chi connectivity index (χ3n) is 4.14. The lowest BCUT2D eigenvalue weighted by molar-refractivity contribution is -0.134. The van der Waals surface area contributed by atoms with Crippen molar-refractivity contribution in [2.45, 2.75) is 25.8 Å². The van der Waals surface area contributed by atoms with Crippen LogP contribution in [0.4, 0.5) is 0 Å². The van der Waals surface area contributed by atoms with Gasteiger partial charge in [0.05, 0.1) is 25.2 Å². The van der Waals surface area contributed by atoms with Gasteiger partial charge in [0.25, 0.3) is 0 Å². The number of ether oxygens (including phenoxy) is 1. The smallest absolute Gasteiger partial charge is 0.0579 e. The van der Waals surface area contributed by atoms with Gasteiger partial charge in [0, 0.05) is 13.1 Å². The molecule has 3 heteroatoms. The van der Waals surface area contributed by atoms with E-state index in [0.717, 1.165) is 13.1 Å². The molecule has 1 fully saturated rings. The fourth-order valence-corrected chi connectivity index (χ4v) is 2.85. The number of nitrogens with one attached hydrogen (secondary N) is 1. The largest absolute Gasteiger partial charge is 0.396 e. The van der Waals surface area contributed by atoms with E-state index in [1.165, 1.54) is 36.0 Å². The minimum absolute atomic E-state index is 0.0310. The molecule has 1 heterocycles. The molecule has 0 spiro atoms. The third kappa shape index (κ3) is 2.30. The van der Waals surface area contributed by atoms with Gasteiger partial charge in [-0.3, -0.25) is 0 Å². The van der Waals surface area contributed by atoms with Crippen molar-refractivity contribution in [3.05, 3.63) is 34.9 Å². The van der Waals surface area contributed by atoms with Crippen LogP contribution in [0.3, 0.4) is 0 Å². The van der Waals surface area contributed by atoms with Crippen molar-refractivity contribution >= 4 is 0 Å². The summed E-state index contributed by atoms with van der Waals surface area (Å²) in [4.78, 5) is 0. The van der Waals surface area contributed by atoms with E-state index in [-0.39, 0.29) is 12.0 Å². The van der Waals surface area contributed by atoms with Crippen molar-refractivity contribution in [3.63, 3.8) is 0 Å². The number of aliphatic hydroxyl groups is 1. The number of aryl methyl sites for hydroxylation is 2. The number of aliphatic hydroxyl groups excluding tert-OH is 1. The van der Waals surface area contributed by atoms with Crippen LogP contribution in [0, 0.1) is 5.41 Å². The molecule has 2 aliphatic rings. The van der Waals surface area contributed by atoms with Crippen LogP contribution in [0.15, 0.2) is 18.2 Å². The van der Waals surface area contributed by atoms with Gasteiger partial charge in [0.15, 0.2) is 0 Å². The van der Waals surface area contributed by atoms with Crippen molar-refractivity contribution in [1.29, 1.82) is 0 Å². The van der Waals surface area contributed by atoms with Crippen molar-refractivity contribution in [1.82, 2.24) is 5.32 Å². The quantitative estimate of drug-likeness (QED) is 0.823. The van der Waals surface area contributed by atoms with Gasteiger partial charge >= 0.3 is 0 Å². The molecule has 1 aromatic carbocycles. The van der Waals surface area contributed by atoms with Gasteiger partial charge in [-0.1, -0.05) is 18.2 Å². The summed E-state index contributed by atoms with van der Waals surface area (Å²) in [6, 6.07) is 6.83.